The van der Waals surface area contributed by atoms with E-state index in [-0.39, 0.29) is 18.3 Å². The first kappa shape index (κ1) is 12.3. The number of imide groups is 1. The van der Waals surface area contributed by atoms with Crippen molar-refractivity contribution in [2.45, 2.75) is 6.42 Å². The van der Waals surface area contributed by atoms with E-state index in [0.29, 0.717) is 13.0 Å². The lowest BCUT2D eigenvalue weighted by Gasteiger charge is -2.06. The smallest absolute Gasteiger partial charge is 0.416 e. The molecule has 1 heterocycles. The van der Waals surface area contributed by atoms with Gasteiger partial charge in [-0.3, -0.25) is 4.79 Å². The third-order valence-corrected chi connectivity index (χ3v) is 2.55. The van der Waals surface area contributed by atoms with E-state index >= 15 is 0 Å². The van der Waals surface area contributed by atoms with Crippen LogP contribution in [0.2, 0.25) is 0 Å². The van der Waals surface area contributed by atoms with Crippen molar-refractivity contribution >= 4 is 12.0 Å². The number of ether oxygens (including phenoxy) is 1. The van der Waals surface area contributed by atoms with Gasteiger partial charge in [0.25, 0.3) is 5.91 Å². The van der Waals surface area contributed by atoms with Gasteiger partial charge < -0.3 is 4.74 Å². The summed E-state index contributed by atoms with van der Waals surface area (Å²) in [7, 11) is 0. The summed E-state index contributed by atoms with van der Waals surface area (Å²) in [5, 5.41) is 0. The van der Waals surface area contributed by atoms with Gasteiger partial charge in [0, 0.05) is 6.08 Å². The number of allylic oxidation sites excluding steroid dienone is 1. The van der Waals surface area contributed by atoms with Crippen molar-refractivity contribution in [3.8, 4) is 0 Å². The average molecular weight is 249 g/mol. The number of hydrogen-bond acceptors (Lipinski definition) is 3. The molecule has 4 nitrogen and oxygen atoms in total. The number of hydrogen-bond donors (Lipinski definition) is 0. The molecule has 0 aliphatic carbocycles. The SMILES string of the molecule is O=C(/C=C/Cc1ccc(F)cc1)N1CCOC1=O. The van der Waals surface area contributed by atoms with E-state index in [9.17, 15) is 14.0 Å². The highest BCUT2D eigenvalue weighted by atomic mass is 19.1. The minimum atomic E-state index is -0.605. The Labute approximate surface area is 104 Å². The molecular formula is C13H12FNO3. The number of amides is 2. The van der Waals surface area contributed by atoms with Gasteiger partial charge in [-0.2, -0.15) is 0 Å². The monoisotopic (exact) mass is 249 g/mol. The van der Waals surface area contributed by atoms with Crippen LogP contribution in [-0.4, -0.2) is 30.1 Å². The highest BCUT2D eigenvalue weighted by molar-refractivity contribution is 5.99. The Hall–Kier alpha value is -2.17. The molecule has 1 saturated heterocycles. The first-order valence-corrected chi connectivity index (χ1v) is 5.56. The fraction of sp³-hybridized carbons (Fsp3) is 0.231. The van der Waals surface area contributed by atoms with Crippen LogP contribution in [0.1, 0.15) is 5.56 Å². The van der Waals surface area contributed by atoms with Crippen LogP contribution in [0.25, 0.3) is 0 Å². The predicted molar refractivity (Wildman–Crippen MR) is 62.3 cm³/mol. The molecule has 1 fully saturated rings. The summed E-state index contributed by atoms with van der Waals surface area (Å²) in [4.78, 5) is 23.7. The molecule has 1 aromatic rings. The van der Waals surface area contributed by atoms with Crippen molar-refractivity contribution in [1.29, 1.82) is 0 Å². The zero-order valence-electron chi connectivity index (χ0n) is 9.64. The molecule has 0 bridgehead atoms. The van der Waals surface area contributed by atoms with E-state index < -0.39 is 6.09 Å². The first-order valence-electron chi connectivity index (χ1n) is 5.56. The van der Waals surface area contributed by atoms with Gasteiger partial charge in [-0.05, 0) is 24.1 Å². The zero-order valence-corrected chi connectivity index (χ0v) is 9.64. The molecule has 0 saturated carbocycles. The van der Waals surface area contributed by atoms with Crippen LogP contribution in [0.3, 0.4) is 0 Å². The molecule has 0 unspecified atom stereocenters. The van der Waals surface area contributed by atoms with Gasteiger partial charge in [0.1, 0.15) is 12.4 Å². The standard InChI is InChI=1S/C13H12FNO3/c14-11-6-4-10(5-7-11)2-1-3-12(16)15-8-9-18-13(15)17/h1,3-7H,2,8-9H2/b3-1+. The van der Waals surface area contributed by atoms with Crippen molar-refractivity contribution in [1.82, 2.24) is 4.90 Å². The molecule has 1 aromatic carbocycles. The summed E-state index contributed by atoms with van der Waals surface area (Å²) in [5.74, 6) is -0.682. The second-order valence-electron chi connectivity index (χ2n) is 3.84. The molecule has 94 valence electrons. The minimum absolute atomic E-state index is 0.246. The summed E-state index contributed by atoms with van der Waals surface area (Å²) >= 11 is 0. The van der Waals surface area contributed by atoms with E-state index in [1.54, 1.807) is 18.2 Å². The van der Waals surface area contributed by atoms with Gasteiger partial charge in [0.2, 0.25) is 0 Å². The van der Waals surface area contributed by atoms with Crippen LogP contribution in [0.4, 0.5) is 9.18 Å². The fourth-order valence-electron chi connectivity index (χ4n) is 1.60. The molecule has 1 aliphatic rings. The van der Waals surface area contributed by atoms with Gasteiger partial charge in [0.15, 0.2) is 0 Å². The summed E-state index contributed by atoms with van der Waals surface area (Å²) in [6.45, 7) is 0.537. The van der Waals surface area contributed by atoms with Crippen molar-refractivity contribution < 1.29 is 18.7 Å². The zero-order chi connectivity index (χ0) is 13.0. The third kappa shape index (κ3) is 2.94. The lowest BCUT2D eigenvalue weighted by Crippen LogP contribution is -2.29. The Morgan fingerprint density at radius 2 is 2.11 bits per heavy atom. The summed E-state index contributed by atoms with van der Waals surface area (Å²) < 4.78 is 17.3. The minimum Gasteiger partial charge on any atom is -0.447 e. The van der Waals surface area contributed by atoms with Gasteiger partial charge in [0.05, 0.1) is 6.54 Å². The lowest BCUT2D eigenvalue weighted by atomic mass is 10.1. The number of cyclic esters (lactones) is 1. The third-order valence-electron chi connectivity index (χ3n) is 2.55. The summed E-state index contributed by atoms with van der Waals surface area (Å²) in [6, 6.07) is 6.02. The molecular weight excluding hydrogens is 237 g/mol. The molecule has 0 radical (unpaired) electrons. The van der Waals surface area contributed by atoms with Crippen LogP contribution in [0, 0.1) is 5.82 Å². The second-order valence-corrected chi connectivity index (χ2v) is 3.84. The topological polar surface area (TPSA) is 46.6 Å². The maximum atomic E-state index is 12.7. The van der Waals surface area contributed by atoms with Gasteiger partial charge in [-0.1, -0.05) is 18.2 Å². The summed E-state index contributed by atoms with van der Waals surface area (Å²) in [5.41, 5.74) is 0.893. The van der Waals surface area contributed by atoms with E-state index in [1.165, 1.54) is 18.2 Å². The Bertz CT molecular complexity index is 482. The maximum Gasteiger partial charge on any atom is 0.416 e. The molecule has 0 aromatic heterocycles. The van der Waals surface area contributed by atoms with Crippen molar-refractivity contribution in [2.75, 3.05) is 13.2 Å². The van der Waals surface area contributed by atoms with Crippen LogP contribution >= 0.6 is 0 Å². The number of halogens is 1. The highest BCUT2D eigenvalue weighted by Gasteiger charge is 2.26. The van der Waals surface area contributed by atoms with Crippen LogP contribution < -0.4 is 0 Å². The summed E-state index contributed by atoms with van der Waals surface area (Å²) in [6.07, 6.45) is 2.87. The number of carbonyl (C=O) groups excluding carboxylic acids is 2. The van der Waals surface area contributed by atoms with E-state index in [0.717, 1.165) is 10.5 Å². The van der Waals surface area contributed by atoms with Crippen LogP contribution in [0.15, 0.2) is 36.4 Å². The number of benzene rings is 1. The molecule has 2 rings (SSSR count). The van der Waals surface area contributed by atoms with Crippen molar-refractivity contribution in [2.24, 2.45) is 0 Å². The van der Waals surface area contributed by atoms with Gasteiger partial charge >= 0.3 is 6.09 Å². The predicted octanol–water partition coefficient (Wildman–Crippen LogP) is 1.90. The average Bonchev–Trinajstić information content (AvgIpc) is 2.78. The molecule has 2 amide bonds. The van der Waals surface area contributed by atoms with Crippen LogP contribution in [0.5, 0.6) is 0 Å². The molecule has 0 spiro atoms. The lowest BCUT2D eigenvalue weighted by molar-refractivity contribution is -0.122. The van der Waals surface area contributed by atoms with E-state index in [4.69, 9.17) is 0 Å². The first-order chi connectivity index (χ1) is 8.66. The normalized spacial score (nSPS) is 15.2. The Kier molecular flexibility index (Phi) is 3.72. The highest BCUT2D eigenvalue weighted by Crippen LogP contribution is 2.06. The van der Waals surface area contributed by atoms with Crippen LogP contribution in [-0.2, 0) is 16.0 Å². The number of nitrogens with zero attached hydrogens (tertiary/aromatic N) is 1. The Morgan fingerprint density at radius 1 is 1.39 bits per heavy atom. The largest absolute Gasteiger partial charge is 0.447 e. The fourth-order valence-corrected chi connectivity index (χ4v) is 1.60. The molecule has 1 aliphatic heterocycles. The number of rotatable bonds is 3. The van der Waals surface area contributed by atoms with Crippen molar-refractivity contribution in [3.05, 3.63) is 47.8 Å². The molecule has 18 heavy (non-hydrogen) atoms. The number of carbonyl (C=O) groups is 2. The molecule has 0 atom stereocenters. The molecule has 5 heteroatoms. The van der Waals surface area contributed by atoms with E-state index in [1.807, 2.05) is 0 Å². The van der Waals surface area contributed by atoms with Gasteiger partial charge in [-0.15, -0.1) is 0 Å². The van der Waals surface area contributed by atoms with Gasteiger partial charge in [-0.25, -0.2) is 14.1 Å². The maximum absolute atomic E-state index is 12.7. The Morgan fingerprint density at radius 3 is 2.72 bits per heavy atom. The Balaban J connectivity index is 1.89. The van der Waals surface area contributed by atoms with Crippen molar-refractivity contribution in [3.63, 3.8) is 0 Å². The van der Waals surface area contributed by atoms with E-state index in [2.05, 4.69) is 4.74 Å². The second kappa shape index (κ2) is 5.44. The quantitative estimate of drug-likeness (QED) is 0.769. The molecule has 0 N–H and O–H groups in total.